The molecule has 0 aliphatic carbocycles. The molecule has 0 aliphatic heterocycles. The summed E-state index contributed by atoms with van der Waals surface area (Å²) in [7, 11) is -2.69. The maximum atomic E-state index is 14.0. The first-order valence-electron chi connectivity index (χ1n) is 13.2. The molecule has 1 N–H and O–H groups in total. The van der Waals surface area contributed by atoms with E-state index in [2.05, 4.69) is 5.32 Å². The smallest absolute Gasteiger partial charge is 0.264 e. The van der Waals surface area contributed by atoms with Gasteiger partial charge in [-0.2, -0.15) is 0 Å². The van der Waals surface area contributed by atoms with Gasteiger partial charge in [-0.1, -0.05) is 43.7 Å². The number of sulfonamides is 1. The number of carbonyl (C=O) groups is 2. The van der Waals surface area contributed by atoms with Crippen LogP contribution in [0.2, 0.25) is 0 Å². The minimum atomic E-state index is -4.22. The van der Waals surface area contributed by atoms with Gasteiger partial charge in [0.1, 0.15) is 24.2 Å². The Morgan fingerprint density at radius 1 is 1.00 bits per heavy atom. The summed E-state index contributed by atoms with van der Waals surface area (Å²) in [6.07, 6.45) is 1.03. The maximum Gasteiger partial charge on any atom is 0.264 e. The number of amides is 2. The molecule has 0 fully saturated rings. The summed E-state index contributed by atoms with van der Waals surface area (Å²) < 4.78 is 47.6. The van der Waals surface area contributed by atoms with Crippen molar-refractivity contribution in [3.05, 3.63) is 89.7 Å². The van der Waals surface area contributed by atoms with E-state index in [0.717, 1.165) is 28.4 Å². The Morgan fingerprint density at radius 2 is 1.68 bits per heavy atom. The van der Waals surface area contributed by atoms with E-state index < -0.39 is 34.3 Å². The molecule has 3 rings (SSSR count). The summed E-state index contributed by atoms with van der Waals surface area (Å²) in [5.41, 5.74) is 1.71. The molecule has 3 aromatic carbocycles. The SMILES string of the molecule is CCCNC(=O)C(CC)N(Cc1cccc(OC)c1)C(=O)CN(c1ccc(F)cc1)S(=O)(=O)c1ccc(C)cc1. The van der Waals surface area contributed by atoms with Gasteiger partial charge in [-0.3, -0.25) is 13.9 Å². The van der Waals surface area contributed by atoms with Crippen molar-refractivity contribution in [3.63, 3.8) is 0 Å². The Bertz CT molecular complexity index is 1400. The first kappa shape index (κ1) is 30.6. The monoisotopic (exact) mass is 569 g/mol. The fraction of sp³-hybridized carbons (Fsp3) is 0.333. The van der Waals surface area contributed by atoms with Crippen molar-refractivity contribution in [2.75, 3.05) is 24.5 Å². The zero-order valence-corrected chi connectivity index (χ0v) is 24.1. The summed E-state index contributed by atoms with van der Waals surface area (Å²) in [4.78, 5) is 28.5. The van der Waals surface area contributed by atoms with Gasteiger partial charge in [-0.25, -0.2) is 12.8 Å². The van der Waals surface area contributed by atoms with Crippen LogP contribution < -0.4 is 14.4 Å². The molecule has 8 nitrogen and oxygen atoms in total. The third kappa shape index (κ3) is 7.59. The maximum absolute atomic E-state index is 14.0. The minimum Gasteiger partial charge on any atom is -0.497 e. The lowest BCUT2D eigenvalue weighted by molar-refractivity contribution is -0.140. The van der Waals surface area contributed by atoms with Gasteiger partial charge in [-0.15, -0.1) is 0 Å². The Labute approximate surface area is 235 Å². The van der Waals surface area contributed by atoms with E-state index in [1.807, 2.05) is 13.8 Å². The molecule has 3 aromatic rings. The van der Waals surface area contributed by atoms with E-state index in [1.165, 1.54) is 36.3 Å². The van der Waals surface area contributed by atoms with Crippen molar-refractivity contribution >= 4 is 27.5 Å². The number of rotatable bonds is 13. The molecule has 214 valence electrons. The molecule has 0 radical (unpaired) electrons. The molecule has 0 saturated carbocycles. The number of hydrogen-bond donors (Lipinski definition) is 1. The Kier molecular flexibility index (Phi) is 10.7. The zero-order chi connectivity index (χ0) is 29.3. The highest BCUT2D eigenvalue weighted by atomic mass is 32.2. The van der Waals surface area contributed by atoms with Crippen molar-refractivity contribution in [1.82, 2.24) is 10.2 Å². The van der Waals surface area contributed by atoms with Crippen molar-refractivity contribution in [2.45, 2.75) is 51.1 Å². The van der Waals surface area contributed by atoms with Crippen LogP contribution in [0.5, 0.6) is 5.75 Å². The Balaban J connectivity index is 2.05. The second kappa shape index (κ2) is 13.9. The Hall–Kier alpha value is -3.92. The van der Waals surface area contributed by atoms with Gasteiger partial charge >= 0.3 is 0 Å². The van der Waals surface area contributed by atoms with Crippen LogP contribution in [-0.4, -0.2) is 51.4 Å². The predicted octanol–water partition coefficient (Wildman–Crippen LogP) is 4.67. The van der Waals surface area contributed by atoms with Crippen LogP contribution in [0.1, 0.15) is 37.8 Å². The van der Waals surface area contributed by atoms with E-state index in [-0.39, 0.29) is 23.0 Å². The summed E-state index contributed by atoms with van der Waals surface area (Å²) in [5.74, 6) is -0.860. The highest BCUT2D eigenvalue weighted by Gasteiger charge is 2.33. The third-order valence-corrected chi connectivity index (χ3v) is 8.21. The van der Waals surface area contributed by atoms with Gasteiger partial charge in [0.25, 0.3) is 10.0 Å². The summed E-state index contributed by atoms with van der Waals surface area (Å²) in [6, 6.07) is 17.4. The largest absolute Gasteiger partial charge is 0.497 e. The Morgan fingerprint density at radius 3 is 2.27 bits per heavy atom. The number of nitrogens with zero attached hydrogens (tertiary/aromatic N) is 2. The molecule has 0 heterocycles. The average Bonchev–Trinajstić information content (AvgIpc) is 2.95. The van der Waals surface area contributed by atoms with Crippen LogP contribution in [0, 0.1) is 12.7 Å². The number of aryl methyl sites for hydroxylation is 1. The summed E-state index contributed by atoms with van der Waals surface area (Å²) in [6.45, 7) is 5.46. The quantitative estimate of drug-likeness (QED) is 0.323. The number of ether oxygens (including phenoxy) is 1. The van der Waals surface area contributed by atoms with Gasteiger partial charge < -0.3 is 15.0 Å². The van der Waals surface area contributed by atoms with Crippen LogP contribution in [-0.2, 0) is 26.2 Å². The molecule has 0 bridgehead atoms. The van der Waals surface area contributed by atoms with Crippen LogP contribution in [0.25, 0.3) is 0 Å². The standard InChI is InChI=1S/C30H36FN3O5S/c1-5-18-32-30(36)28(6-2)33(20-23-8-7-9-26(19-23)39-4)29(35)21-34(25-14-12-24(31)13-15-25)40(37,38)27-16-10-22(3)11-17-27/h7-17,19,28H,5-6,18,20-21H2,1-4H3,(H,32,36). The number of hydrogen-bond acceptors (Lipinski definition) is 5. The molecule has 0 saturated heterocycles. The van der Waals surface area contributed by atoms with Crippen molar-refractivity contribution < 1.29 is 27.1 Å². The third-order valence-electron chi connectivity index (χ3n) is 6.42. The molecule has 0 aromatic heterocycles. The molecular formula is C30H36FN3O5S. The van der Waals surface area contributed by atoms with Crippen LogP contribution in [0.15, 0.2) is 77.7 Å². The zero-order valence-electron chi connectivity index (χ0n) is 23.3. The lowest BCUT2D eigenvalue weighted by Crippen LogP contribution is -2.52. The number of carbonyl (C=O) groups excluding carboxylic acids is 2. The van der Waals surface area contributed by atoms with Crippen molar-refractivity contribution in [3.8, 4) is 5.75 Å². The molecule has 1 atom stereocenters. The average molecular weight is 570 g/mol. The fourth-order valence-electron chi connectivity index (χ4n) is 4.23. The lowest BCUT2D eigenvalue weighted by Gasteiger charge is -2.33. The topological polar surface area (TPSA) is 96.0 Å². The summed E-state index contributed by atoms with van der Waals surface area (Å²) in [5, 5.41) is 2.85. The normalized spacial score (nSPS) is 11.9. The van der Waals surface area contributed by atoms with Gasteiger partial charge in [0.05, 0.1) is 17.7 Å². The van der Waals surface area contributed by atoms with Gasteiger partial charge in [-0.05, 0) is 73.9 Å². The van der Waals surface area contributed by atoms with Gasteiger partial charge in [0, 0.05) is 13.1 Å². The summed E-state index contributed by atoms with van der Waals surface area (Å²) >= 11 is 0. The van der Waals surface area contributed by atoms with Crippen LogP contribution in [0.4, 0.5) is 10.1 Å². The minimum absolute atomic E-state index is 0.0118. The number of benzene rings is 3. The second-order valence-corrected chi connectivity index (χ2v) is 11.3. The van der Waals surface area contributed by atoms with E-state index in [9.17, 15) is 22.4 Å². The first-order chi connectivity index (χ1) is 19.1. The van der Waals surface area contributed by atoms with Crippen LogP contribution in [0.3, 0.4) is 0 Å². The molecule has 0 aliphatic rings. The molecule has 40 heavy (non-hydrogen) atoms. The number of nitrogens with one attached hydrogen (secondary N) is 1. The fourth-order valence-corrected chi connectivity index (χ4v) is 5.64. The number of methoxy groups -OCH3 is 1. The molecule has 1 unspecified atom stereocenters. The lowest BCUT2D eigenvalue weighted by atomic mass is 10.1. The van der Waals surface area contributed by atoms with E-state index in [0.29, 0.717) is 24.3 Å². The van der Waals surface area contributed by atoms with Crippen LogP contribution >= 0.6 is 0 Å². The molecule has 0 spiro atoms. The van der Waals surface area contributed by atoms with Crippen molar-refractivity contribution in [1.29, 1.82) is 0 Å². The van der Waals surface area contributed by atoms with Gasteiger partial charge in [0.15, 0.2) is 0 Å². The van der Waals surface area contributed by atoms with E-state index in [1.54, 1.807) is 43.3 Å². The molecular weight excluding hydrogens is 533 g/mol. The number of anilines is 1. The highest BCUT2D eigenvalue weighted by Crippen LogP contribution is 2.26. The predicted molar refractivity (Wildman–Crippen MR) is 153 cm³/mol. The van der Waals surface area contributed by atoms with Crippen molar-refractivity contribution in [2.24, 2.45) is 0 Å². The van der Waals surface area contributed by atoms with Gasteiger partial charge in [0.2, 0.25) is 11.8 Å². The highest BCUT2D eigenvalue weighted by molar-refractivity contribution is 7.92. The molecule has 2 amide bonds. The van der Waals surface area contributed by atoms with E-state index >= 15 is 0 Å². The second-order valence-electron chi connectivity index (χ2n) is 9.39. The number of halogens is 1. The first-order valence-corrected chi connectivity index (χ1v) is 14.6. The molecule has 10 heteroatoms. The van der Waals surface area contributed by atoms with E-state index in [4.69, 9.17) is 4.74 Å².